The number of aryl methyl sites for hydroxylation is 1. The van der Waals surface area contributed by atoms with Crippen molar-refractivity contribution in [2.45, 2.75) is 38.6 Å². The molecule has 1 aliphatic rings. The van der Waals surface area contributed by atoms with Crippen LogP contribution >= 0.6 is 15.9 Å². The summed E-state index contributed by atoms with van der Waals surface area (Å²) in [5.41, 5.74) is 4.26. The van der Waals surface area contributed by atoms with E-state index in [9.17, 15) is 0 Å². The average molecular weight is 320 g/mol. The Hall–Kier alpha value is -1.22. The van der Waals surface area contributed by atoms with Crippen LogP contribution in [0.2, 0.25) is 0 Å². The van der Waals surface area contributed by atoms with Gasteiger partial charge in [-0.3, -0.25) is 0 Å². The van der Waals surface area contributed by atoms with Crippen LogP contribution in [0.15, 0.2) is 39.4 Å². The highest BCUT2D eigenvalue weighted by Gasteiger charge is 2.16. The zero-order chi connectivity index (χ0) is 13.2. The molecular weight excluding hydrogens is 302 g/mol. The van der Waals surface area contributed by atoms with Crippen LogP contribution in [0.1, 0.15) is 42.7 Å². The van der Waals surface area contributed by atoms with E-state index in [0.717, 1.165) is 10.4 Å². The van der Waals surface area contributed by atoms with Crippen LogP contribution in [0.25, 0.3) is 0 Å². The van der Waals surface area contributed by atoms with E-state index in [2.05, 4.69) is 46.4 Å². The predicted molar refractivity (Wildman–Crippen MR) is 81.5 cm³/mol. The zero-order valence-corrected chi connectivity index (χ0v) is 12.7. The van der Waals surface area contributed by atoms with Crippen molar-refractivity contribution in [3.05, 3.63) is 51.9 Å². The first-order valence-electron chi connectivity index (χ1n) is 6.86. The van der Waals surface area contributed by atoms with E-state index in [1.165, 1.54) is 42.5 Å². The van der Waals surface area contributed by atoms with E-state index in [1.54, 1.807) is 0 Å². The SMILES string of the molecule is CC(Nc1cccc2c1CCCC2)c1ccc(Br)o1. The van der Waals surface area contributed by atoms with Crippen LogP contribution in [-0.2, 0) is 12.8 Å². The van der Waals surface area contributed by atoms with Crippen LogP contribution in [0.3, 0.4) is 0 Å². The smallest absolute Gasteiger partial charge is 0.169 e. The molecule has 0 saturated heterocycles. The van der Waals surface area contributed by atoms with Gasteiger partial charge in [-0.2, -0.15) is 0 Å². The molecule has 0 amide bonds. The molecule has 0 aliphatic heterocycles. The molecule has 1 N–H and O–H groups in total. The third kappa shape index (κ3) is 2.71. The molecule has 2 nitrogen and oxygen atoms in total. The number of halogens is 1. The van der Waals surface area contributed by atoms with Crippen LogP contribution in [0.5, 0.6) is 0 Å². The molecular formula is C16H18BrNO. The Labute approximate surface area is 122 Å². The second-order valence-electron chi connectivity index (χ2n) is 5.16. The highest BCUT2D eigenvalue weighted by molar-refractivity contribution is 9.10. The number of benzene rings is 1. The van der Waals surface area contributed by atoms with Crippen LogP contribution < -0.4 is 5.32 Å². The summed E-state index contributed by atoms with van der Waals surface area (Å²) in [7, 11) is 0. The second kappa shape index (κ2) is 5.41. The number of rotatable bonds is 3. The molecule has 0 saturated carbocycles. The number of anilines is 1. The minimum atomic E-state index is 0.180. The van der Waals surface area contributed by atoms with Gasteiger partial charge in [0, 0.05) is 5.69 Å². The van der Waals surface area contributed by atoms with E-state index in [1.807, 2.05) is 12.1 Å². The third-order valence-corrected chi connectivity index (χ3v) is 4.21. The Morgan fingerprint density at radius 2 is 2.00 bits per heavy atom. The Bertz CT molecular complexity index is 576. The predicted octanol–water partition coefficient (Wildman–Crippen LogP) is 5.09. The number of fused-ring (bicyclic) bond motifs is 1. The molecule has 0 fully saturated rings. The number of furan rings is 1. The van der Waals surface area contributed by atoms with Crippen LogP contribution in [0, 0.1) is 0 Å². The normalized spacial score (nSPS) is 15.9. The largest absolute Gasteiger partial charge is 0.452 e. The van der Waals surface area contributed by atoms with Gasteiger partial charge in [0.05, 0.1) is 6.04 Å². The number of hydrogen-bond acceptors (Lipinski definition) is 2. The highest BCUT2D eigenvalue weighted by Crippen LogP contribution is 2.31. The minimum Gasteiger partial charge on any atom is -0.452 e. The fourth-order valence-electron chi connectivity index (χ4n) is 2.78. The molecule has 19 heavy (non-hydrogen) atoms. The Morgan fingerprint density at radius 3 is 2.79 bits per heavy atom. The monoisotopic (exact) mass is 319 g/mol. The lowest BCUT2D eigenvalue weighted by Crippen LogP contribution is -2.11. The number of hydrogen-bond donors (Lipinski definition) is 1. The summed E-state index contributed by atoms with van der Waals surface area (Å²) in [6.07, 6.45) is 5.02. The van der Waals surface area contributed by atoms with Gasteiger partial charge in [-0.1, -0.05) is 12.1 Å². The second-order valence-corrected chi connectivity index (χ2v) is 5.94. The van der Waals surface area contributed by atoms with E-state index < -0.39 is 0 Å². The van der Waals surface area contributed by atoms with Gasteiger partial charge in [-0.25, -0.2) is 0 Å². The molecule has 3 rings (SSSR count). The lowest BCUT2D eigenvalue weighted by molar-refractivity contribution is 0.470. The van der Waals surface area contributed by atoms with Gasteiger partial charge in [-0.05, 0) is 77.9 Å². The van der Waals surface area contributed by atoms with Gasteiger partial charge in [0.1, 0.15) is 5.76 Å². The van der Waals surface area contributed by atoms with Crippen molar-refractivity contribution >= 4 is 21.6 Å². The standard InChI is InChI=1S/C16H18BrNO/c1-11(15-9-10-16(17)19-15)18-14-8-4-6-12-5-2-3-7-13(12)14/h4,6,8-11,18H,2-3,5,7H2,1H3. The molecule has 3 heteroatoms. The Morgan fingerprint density at radius 1 is 1.16 bits per heavy atom. The molecule has 1 aromatic heterocycles. The van der Waals surface area contributed by atoms with Crippen molar-refractivity contribution < 1.29 is 4.42 Å². The van der Waals surface area contributed by atoms with E-state index in [4.69, 9.17) is 4.42 Å². The molecule has 2 aromatic rings. The average Bonchev–Trinajstić information content (AvgIpc) is 2.86. The molecule has 0 bridgehead atoms. The summed E-state index contributed by atoms with van der Waals surface area (Å²) >= 11 is 3.35. The Kier molecular flexibility index (Phi) is 3.65. The summed E-state index contributed by atoms with van der Waals surface area (Å²) < 4.78 is 6.40. The van der Waals surface area contributed by atoms with Crippen molar-refractivity contribution in [1.29, 1.82) is 0 Å². The van der Waals surface area contributed by atoms with Crippen LogP contribution in [0.4, 0.5) is 5.69 Å². The van der Waals surface area contributed by atoms with E-state index in [0.29, 0.717) is 0 Å². The fourth-order valence-corrected chi connectivity index (χ4v) is 3.10. The molecule has 1 unspecified atom stereocenters. The fraction of sp³-hybridized carbons (Fsp3) is 0.375. The minimum absolute atomic E-state index is 0.180. The molecule has 0 radical (unpaired) electrons. The van der Waals surface area contributed by atoms with Gasteiger partial charge in [0.25, 0.3) is 0 Å². The molecule has 100 valence electrons. The van der Waals surface area contributed by atoms with Crippen molar-refractivity contribution in [3.63, 3.8) is 0 Å². The third-order valence-electron chi connectivity index (χ3n) is 3.79. The summed E-state index contributed by atoms with van der Waals surface area (Å²) in [6, 6.07) is 10.7. The van der Waals surface area contributed by atoms with Gasteiger partial charge in [0.2, 0.25) is 0 Å². The summed E-state index contributed by atoms with van der Waals surface area (Å²) in [5.74, 6) is 0.959. The summed E-state index contributed by atoms with van der Waals surface area (Å²) in [6.45, 7) is 2.13. The first kappa shape index (κ1) is 12.8. The highest BCUT2D eigenvalue weighted by atomic mass is 79.9. The molecule has 1 heterocycles. The topological polar surface area (TPSA) is 25.2 Å². The van der Waals surface area contributed by atoms with E-state index >= 15 is 0 Å². The first-order valence-corrected chi connectivity index (χ1v) is 7.66. The van der Waals surface area contributed by atoms with Crippen LogP contribution in [-0.4, -0.2) is 0 Å². The molecule has 1 atom stereocenters. The first-order chi connectivity index (χ1) is 9.24. The lowest BCUT2D eigenvalue weighted by Gasteiger charge is -2.22. The van der Waals surface area contributed by atoms with Gasteiger partial charge < -0.3 is 9.73 Å². The van der Waals surface area contributed by atoms with E-state index in [-0.39, 0.29) is 6.04 Å². The number of nitrogens with one attached hydrogen (secondary N) is 1. The van der Waals surface area contributed by atoms with Gasteiger partial charge >= 0.3 is 0 Å². The lowest BCUT2D eigenvalue weighted by atomic mass is 9.90. The summed E-state index contributed by atoms with van der Waals surface area (Å²) in [5, 5.41) is 3.59. The van der Waals surface area contributed by atoms with Gasteiger partial charge in [-0.15, -0.1) is 0 Å². The quantitative estimate of drug-likeness (QED) is 0.852. The molecule has 0 spiro atoms. The molecule has 1 aliphatic carbocycles. The van der Waals surface area contributed by atoms with Crippen molar-refractivity contribution in [2.75, 3.05) is 5.32 Å². The molecule has 1 aromatic carbocycles. The van der Waals surface area contributed by atoms with Gasteiger partial charge in [0.15, 0.2) is 4.67 Å². The maximum atomic E-state index is 5.62. The van der Waals surface area contributed by atoms with Crippen molar-refractivity contribution in [3.8, 4) is 0 Å². The van der Waals surface area contributed by atoms with Crippen molar-refractivity contribution in [1.82, 2.24) is 0 Å². The summed E-state index contributed by atoms with van der Waals surface area (Å²) in [4.78, 5) is 0. The maximum Gasteiger partial charge on any atom is 0.169 e. The van der Waals surface area contributed by atoms with Crippen molar-refractivity contribution in [2.24, 2.45) is 0 Å². The zero-order valence-electron chi connectivity index (χ0n) is 11.1. The Balaban J connectivity index is 1.83. The maximum absolute atomic E-state index is 5.62.